The maximum absolute atomic E-state index is 12.8. The fourth-order valence-corrected chi connectivity index (χ4v) is 7.24. The lowest BCUT2D eigenvalue weighted by atomic mass is 9.85. The van der Waals surface area contributed by atoms with Crippen LogP contribution in [-0.2, 0) is 32.7 Å². The molecule has 354 valence electrons. The highest BCUT2D eigenvalue weighted by Crippen LogP contribution is 2.47. The Labute approximate surface area is 371 Å². The van der Waals surface area contributed by atoms with Gasteiger partial charge in [0.05, 0.1) is 6.61 Å². The summed E-state index contributed by atoms with van der Waals surface area (Å²) in [4.78, 5) is 35.7. The molecule has 0 heterocycles. The zero-order valence-corrected chi connectivity index (χ0v) is 38.3. The van der Waals surface area contributed by atoms with Crippen LogP contribution in [0.25, 0.3) is 0 Å². The monoisotopic (exact) mass is 895 g/mol. The Kier molecular flexibility index (Phi) is 34.4. The van der Waals surface area contributed by atoms with Crippen LogP contribution < -0.4 is 0 Å². The van der Waals surface area contributed by atoms with Gasteiger partial charge in [-0.05, 0) is 83.5 Å². The second-order valence-electron chi connectivity index (χ2n) is 15.5. The Bertz CT molecular complexity index is 1400. The number of rotatable bonds is 36. The van der Waals surface area contributed by atoms with E-state index >= 15 is 0 Å². The molecule has 0 saturated heterocycles. The van der Waals surface area contributed by atoms with Crippen molar-refractivity contribution >= 4 is 19.8 Å². The molecule has 0 radical (unpaired) electrons. The Morgan fingerprint density at radius 2 is 0.919 bits per heavy atom. The van der Waals surface area contributed by atoms with E-state index in [2.05, 4.69) is 98.9 Å². The number of phosphoric acid groups is 1. The smallest absolute Gasteiger partial charge is 0.462 e. The van der Waals surface area contributed by atoms with Crippen LogP contribution in [0, 0.1) is 0 Å². The average Bonchev–Trinajstić information content (AvgIpc) is 3.25. The van der Waals surface area contributed by atoms with Crippen LogP contribution in [0.2, 0.25) is 0 Å². The average molecular weight is 895 g/mol. The zero-order valence-electron chi connectivity index (χ0n) is 37.4. The van der Waals surface area contributed by atoms with Crippen molar-refractivity contribution in [3.05, 3.63) is 85.1 Å². The zero-order chi connectivity index (χ0) is 45.7. The molecule has 0 aromatic carbocycles. The third-order valence-electron chi connectivity index (χ3n) is 9.97. The molecule has 62 heavy (non-hydrogen) atoms. The molecular weight excluding hydrogens is 815 g/mol. The summed E-state index contributed by atoms with van der Waals surface area (Å²) in [6, 6.07) is 0. The van der Waals surface area contributed by atoms with E-state index in [1.54, 1.807) is 0 Å². The fourth-order valence-electron chi connectivity index (χ4n) is 6.27. The molecule has 0 aromatic rings. The Morgan fingerprint density at radius 3 is 1.42 bits per heavy atom. The summed E-state index contributed by atoms with van der Waals surface area (Å²) in [7, 11) is -5.14. The second-order valence-corrected chi connectivity index (χ2v) is 16.9. The van der Waals surface area contributed by atoms with Crippen molar-refractivity contribution in [2.75, 3.05) is 13.2 Å². The number of carbonyl (C=O) groups excluding carboxylic acids is 2. The van der Waals surface area contributed by atoms with E-state index in [0.717, 1.165) is 96.3 Å². The number of carbonyl (C=O) groups is 2. The van der Waals surface area contributed by atoms with Crippen molar-refractivity contribution < 1.29 is 63.1 Å². The van der Waals surface area contributed by atoms with Crippen molar-refractivity contribution in [2.45, 2.75) is 191 Å². The highest BCUT2D eigenvalue weighted by Gasteiger charge is 2.51. The summed E-state index contributed by atoms with van der Waals surface area (Å²) in [6.07, 6.45) is 34.9. The SMILES string of the molecule is CC/C=C/C/C=C/C/C=C/C/C=C/C/C=C/CCCCCC(=O)O[C@H](COC(=O)CCCCCCC/C=C/C/C=C/CCCC)COP(=O)(O)OC1C(O)C(O)C(O)[C@H](O)C1O. The van der Waals surface area contributed by atoms with Crippen LogP contribution in [0.3, 0.4) is 0 Å². The third-order valence-corrected chi connectivity index (χ3v) is 11.0. The quantitative estimate of drug-likeness (QED) is 0.0150. The lowest BCUT2D eigenvalue weighted by Gasteiger charge is -2.41. The molecule has 1 fully saturated rings. The second kappa shape index (κ2) is 37.4. The number of hydrogen-bond donors (Lipinski definition) is 6. The predicted octanol–water partition coefficient (Wildman–Crippen LogP) is 8.89. The van der Waals surface area contributed by atoms with Gasteiger partial charge in [0.15, 0.2) is 6.10 Å². The van der Waals surface area contributed by atoms with Crippen molar-refractivity contribution in [1.29, 1.82) is 0 Å². The molecule has 0 spiro atoms. The first-order chi connectivity index (χ1) is 29.9. The van der Waals surface area contributed by atoms with E-state index in [9.17, 15) is 44.6 Å². The molecule has 1 aliphatic rings. The largest absolute Gasteiger partial charge is 0.472 e. The van der Waals surface area contributed by atoms with Crippen LogP contribution in [-0.4, -0.2) is 98.3 Å². The van der Waals surface area contributed by atoms with Gasteiger partial charge in [0.1, 0.15) is 43.2 Å². The third kappa shape index (κ3) is 29.4. The molecule has 0 amide bonds. The van der Waals surface area contributed by atoms with E-state index in [-0.39, 0.29) is 12.8 Å². The van der Waals surface area contributed by atoms with Gasteiger partial charge in [-0.1, -0.05) is 137 Å². The Balaban J connectivity index is 2.51. The van der Waals surface area contributed by atoms with Crippen molar-refractivity contribution in [3.63, 3.8) is 0 Å². The van der Waals surface area contributed by atoms with Crippen molar-refractivity contribution in [2.24, 2.45) is 0 Å². The van der Waals surface area contributed by atoms with Gasteiger partial charge >= 0.3 is 19.8 Å². The van der Waals surface area contributed by atoms with Gasteiger partial charge in [0.25, 0.3) is 0 Å². The van der Waals surface area contributed by atoms with E-state index < -0.39 is 75.7 Å². The van der Waals surface area contributed by atoms with E-state index in [1.807, 2.05) is 0 Å². The fraction of sp³-hybridized carbons (Fsp3) is 0.667. The number of phosphoric ester groups is 1. The van der Waals surface area contributed by atoms with Crippen LogP contribution in [0.5, 0.6) is 0 Å². The van der Waals surface area contributed by atoms with E-state index in [1.165, 1.54) is 12.8 Å². The lowest BCUT2D eigenvalue weighted by Crippen LogP contribution is -2.64. The summed E-state index contributed by atoms with van der Waals surface area (Å²) < 4.78 is 33.5. The molecule has 1 aliphatic carbocycles. The molecule has 0 bridgehead atoms. The number of allylic oxidation sites excluding steroid dienone is 14. The van der Waals surface area contributed by atoms with Crippen LogP contribution in [0.1, 0.15) is 149 Å². The van der Waals surface area contributed by atoms with Crippen molar-refractivity contribution in [3.8, 4) is 0 Å². The minimum Gasteiger partial charge on any atom is -0.462 e. The molecule has 14 heteroatoms. The molecule has 0 aromatic heterocycles. The molecule has 8 atom stereocenters. The van der Waals surface area contributed by atoms with Gasteiger partial charge in [0, 0.05) is 12.8 Å². The van der Waals surface area contributed by atoms with Crippen LogP contribution >= 0.6 is 7.82 Å². The van der Waals surface area contributed by atoms with Gasteiger partial charge < -0.3 is 39.9 Å². The number of esters is 2. The number of hydrogen-bond acceptors (Lipinski definition) is 12. The van der Waals surface area contributed by atoms with Gasteiger partial charge in [0.2, 0.25) is 0 Å². The maximum atomic E-state index is 12.8. The molecule has 0 aliphatic heterocycles. The summed E-state index contributed by atoms with van der Waals surface area (Å²) >= 11 is 0. The molecule has 1 saturated carbocycles. The topological polar surface area (TPSA) is 210 Å². The van der Waals surface area contributed by atoms with Gasteiger partial charge in [-0.3, -0.25) is 18.6 Å². The number of unbranched alkanes of at least 4 members (excludes halogenated alkanes) is 10. The number of ether oxygens (including phenoxy) is 2. The summed E-state index contributed by atoms with van der Waals surface area (Å²) in [6.45, 7) is 3.09. The normalized spacial score (nSPS) is 22.6. The maximum Gasteiger partial charge on any atom is 0.472 e. The van der Waals surface area contributed by atoms with Gasteiger partial charge in [-0.15, -0.1) is 0 Å². The van der Waals surface area contributed by atoms with Crippen LogP contribution in [0.15, 0.2) is 85.1 Å². The summed E-state index contributed by atoms with van der Waals surface area (Å²) in [5, 5.41) is 50.1. The Hall–Kier alpha value is -2.97. The first-order valence-corrected chi connectivity index (χ1v) is 24.4. The Morgan fingerprint density at radius 1 is 0.516 bits per heavy atom. The predicted molar refractivity (Wildman–Crippen MR) is 244 cm³/mol. The van der Waals surface area contributed by atoms with E-state index in [0.29, 0.717) is 12.8 Å². The van der Waals surface area contributed by atoms with Gasteiger partial charge in [-0.25, -0.2) is 4.57 Å². The highest BCUT2D eigenvalue weighted by atomic mass is 31.2. The highest BCUT2D eigenvalue weighted by molar-refractivity contribution is 7.47. The number of aliphatic hydroxyl groups excluding tert-OH is 5. The van der Waals surface area contributed by atoms with Gasteiger partial charge in [-0.2, -0.15) is 0 Å². The number of aliphatic hydroxyl groups is 5. The first-order valence-electron chi connectivity index (χ1n) is 22.9. The molecule has 13 nitrogen and oxygen atoms in total. The molecule has 1 rings (SSSR count). The molecule has 6 N–H and O–H groups in total. The minimum absolute atomic E-state index is 0.0495. The first kappa shape index (κ1) is 57.0. The summed E-state index contributed by atoms with van der Waals surface area (Å²) in [5.41, 5.74) is 0. The van der Waals surface area contributed by atoms with Crippen LogP contribution in [0.4, 0.5) is 0 Å². The van der Waals surface area contributed by atoms with E-state index in [4.69, 9.17) is 18.5 Å². The molecular formula is C48H79O13P. The summed E-state index contributed by atoms with van der Waals surface area (Å²) in [5.74, 6) is -1.16. The lowest BCUT2D eigenvalue weighted by molar-refractivity contribution is -0.220. The van der Waals surface area contributed by atoms with Crippen molar-refractivity contribution in [1.82, 2.24) is 0 Å². The standard InChI is InChI=1S/C48H79O13P/c1-3-5-7-9-11-13-15-17-19-20-21-22-23-25-27-29-31-33-35-37-42(50)60-40(39-59-62(56,57)61-48-46(54)44(52)43(51)45(53)47(48)55)38-58-41(49)36-34-32-30-28-26-24-18-16-14-12-10-8-6-4-2/h5,7,10-13,16-19,21-22,25,27,40,43-48,51-55H,3-4,6,8-9,14-15,20,23-24,26,28-39H2,1-2H3,(H,56,57)/b7-5+,12-10+,13-11+,18-16+,19-17+,22-21+,27-25+/t40-,43?,44+,45?,46?,47?,48?/m1/s1. The minimum atomic E-state index is -5.14. The molecule has 6 unspecified atom stereocenters.